The molecule has 3 rings (SSSR count). The van der Waals surface area contributed by atoms with Gasteiger partial charge in [0.05, 0.1) is 38.6 Å². The average Bonchev–Trinajstić information content (AvgIpc) is 3.28. The molecule has 17 unspecified atom stereocenters. The first-order valence-electron chi connectivity index (χ1n) is 31.0. The fourth-order valence-electron chi connectivity index (χ4n) is 9.82. The van der Waals surface area contributed by atoms with Crippen molar-refractivity contribution in [1.29, 1.82) is 0 Å². The van der Waals surface area contributed by atoms with Crippen LogP contribution in [0.1, 0.15) is 168 Å². The van der Waals surface area contributed by atoms with Crippen LogP contribution in [-0.2, 0) is 33.2 Å². The van der Waals surface area contributed by atoms with Gasteiger partial charge in [0.25, 0.3) is 0 Å². The van der Waals surface area contributed by atoms with Crippen molar-refractivity contribution in [1.82, 2.24) is 5.32 Å². The first-order valence-corrected chi connectivity index (χ1v) is 31.0. The van der Waals surface area contributed by atoms with Gasteiger partial charge in [0.2, 0.25) is 5.91 Å². The van der Waals surface area contributed by atoms with Gasteiger partial charge in [-0.1, -0.05) is 188 Å². The van der Waals surface area contributed by atoms with Crippen molar-refractivity contribution in [3.05, 3.63) is 97.2 Å². The highest BCUT2D eigenvalue weighted by Crippen LogP contribution is 2.33. The Balaban J connectivity index is 1.26. The third-order valence-electron chi connectivity index (χ3n) is 14.9. The molecule has 0 radical (unpaired) electrons. The Morgan fingerprint density at radius 3 is 1.28 bits per heavy atom. The topological polar surface area (TPSA) is 307 Å². The molecule has 0 aromatic rings. The van der Waals surface area contributed by atoms with Crippen molar-refractivity contribution >= 4 is 5.91 Å². The summed E-state index contributed by atoms with van der Waals surface area (Å²) in [7, 11) is 0. The minimum atomic E-state index is -1.98. The molecule has 83 heavy (non-hydrogen) atoms. The Morgan fingerprint density at radius 2 is 0.831 bits per heavy atom. The molecule has 0 saturated carbocycles. The molecule has 3 aliphatic heterocycles. The summed E-state index contributed by atoms with van der Waals surface area (Å²) in [5.41, 5.74) is 0. The quantitative estimate of drug-likeness (QED) is 0.0241. The molecular weight excluding hydrogens is 1070 g/mol. The van der Waals surface area contributed by atoms with Crippen molar-refractivity contribution < 1.29 is 89.4 Å². The van der Waals surface area contributed by atoms with Gasteiger partial charge in [0.1, 0.15) is 73.2 Å². The number of hydrogen-bond acceptors (Lipinski definition) is 18. The molecule has 12 N–H and O–H groups in total. The molecule has 3 aliphatic rings. The van der Waals surface area contributed by atoms with Crippen LogP contribution in [0, 0.1) is 0 Å². The van der Waals surface area contributed by atoms with E-state index in [0.717, 1.165) is 83.5 Å². The molecule has 0 aromatic carbocycles. The first kappa shape index (κ1) is 74.0. The monoisotopic (exact) mass is 1180 g/mol. The molecule has 0 bridgehead atoms. The van der Waals surface area contributed by atoms with Crippen LogP contribution in [0.3, 0.4) is 0 Å². The van der Waals surface area contributed by atoms with E-state index in [0.29, 0.717) is 12.8 Å². The van der Waals surface area contributed by atoms with Crippen molar-refractivity contribution in [2.75, 3.05) is 26.4 Å². The summed E-state index contributed by atoms with van der Waals surface area (Å²) < 4.78 is 34.0. The molecule has 1 amide bonds. The van der Waals surface area contributed by atoms with Gasteiger partial charge in [0.15, 0.2) is 18.9 Å². The summed E-state index contributed by atoms with van der Waals surface area (Å²) in [4.78, 5) is 13.1. The van der Waals surface area contributed by atoms with Gasteiger partial charge in [0, 0.05) is 6.42 Å². The highest BCUT2D eigenvalue weighted by molar-refractivity contribution is 5.76. The lowest BCUT2D eigenvalue weighted by Gasteiger charge is -2.48. The van der Waals surface area contributed by atoms with E-state index in [4.69, 9.17) is 28.4 Å². The molecular formula is C64H107NO18. The summed E-state index contributed by atoms with van der Waals surface area (Å²) in [6, 6.07) is -0.974. The predicted molar refractivity (Wildman–Crippen MR) is 318 cm³/mol. The van der Waals surface area contributed by atoms with Crippen molar-refractivity contribution in [3.63, 3.8) is 0 Å². The largest absolute Gasteiger partial charge is 0.394 e. The van der Waals surface area contributed by atoms with Crippen LogP contribution >= 0.6 is 0 Å². The second-order valence-corrected chi connectivity index (χ2v) is 21.8. The van der Waals surface area contributed by atoms with Crippen molar-refractivity contribution in [2.45, 2.75) is 272 Å². The molecule has 3 saturated heterocycles. The number of unbranched alkanes of at least 4 members (excludes halogenated alkanes) is 14. The van der Waals surface area contributed by atoms with Crippen molar-refractivity contribution in [3.8, 4) is 0 Å². The van der Waals surface area contributed by atoms with E-state index in [-0.39, 0.29) is 18.9 Å². The normalized spacial score (nSPS) is 30.1. The smallest absolute Gasteiger partial charge is 0.220 e. The van der Waals surface area contributed by atoms with Crippen LogP contribution in [0.5, 0.6) is 0 Å². The third kappa shape index (κ3) is 29.3. The number of rotatable bonds is 44. The number of allylic oxidation sites excluding steroid dienone is 15. The summed E-state index contributed by atoms with van der Waals surface area (Å²) in [5.74, 6) is -0.295. The maximum atomic E-state index is 13.1. The number of hydrogen-bond donors (Lipinski definition) is 12. The van der Waals surface area contributed by atoms with E-state index >= 15 is 0 Å². The standard InChI is InChI=1S/C64H107NO18/c1-3-5-7-8-9-10-11-12-13-14-15-16-17-18-19-20-21-22-23-24-25-26-27-28-29-30-31-32-33-34-35-36-37-38-40-42-52(70)65-47(48(69)41-39-6-4-2)46-78-62-58(76)55(73)60(50(44-67)80-62)83-64-59(77)56(74)61(51(45-68)81-64)82-63-57(75)54(72)53(71)49(43-66)79-63/h5,7,9-10,12-13,15-16,18-19,21-22,24-25,39,41,47-51,53-64,66-69,71-77H,3-4,6,8,11,14,17,20,23,26-38,40,42-46H2,1-2H3,(H,65,70)/b7-5-,10-9-,13-12-,16-15-,19-18-,22-21-,25-24-,41-39+. The molecule has 19 heteroatoms. The number of aliphatic hydroxyl groups is 11. The number of aliphatic hydroxyl groups excluding tert-OH is 11. The zero-order valence-corrected chi connectivity index (χ0v) is 49.6. The summed E-state index contributed by atoms with van der Waals surface area (Å²) in [5, 5.41) is 119. The zero-order valence-electron chi connectivity index (χ0n) is 49.6. The number of carbonyl (C=O) groups is 1. The van der Waals surface area contributed by atoms with Gasteiger partial charge in [-0.2, -0.15) is 0 Å². The number of carbonyl (C=O) groups excluding carboxylic acids is 1. The second kappa shape index (κ2) is 45.9. The van der Waals surface area contributed by atoms with Gasteiger partial charge in [-0.05, 0) is 70.6 Å². The maximum Gasteiger partial charge on any atom is 0.220 e. The number of ether oxygens (including phenoxy) is 6. The maximum absolute atomic E-state index is 13.1. The Morgan fingerprint density at radius 1 is 0.446 bits per heavy atom. The molecule has 3 fully saturated rings. The second-order valence-electron chi connectivity index (χ2n) is 21.8. The number of amides is 1. The van der Waals surface area contributed by atoms with Gasteiger partial charge >= 0.3 is 0 Å². The molecule has 0 aliphatic carbocycles. The van der Waals surface area contributed by atoms with Gasteiger partial charge in [-0.25, -0.2) is 0 Å². The van der Waals surface area contributed by atoms with Crippen molar-refractivity contribution in [2.24, 2.45) is 0 Å². The Hall–Kier alpha value is -3.29. The predicted octanol–water partition coefficient (Wildman–Crippen LogP) is 6.15. The van der Waals surface area contributed by atoms with Crippen LogP contribution < -0.4 is 5.32 Å². The minimum Gasteiger partial charge on any atom is -0.394 e. The Kier molecular flexibility index (Phi) is 40.9. The SMILES string of the molecule is CC/C=C\C/C=C\C/C=C\C/C=C\C/C=C\C/C=C\C/C=C\CCCCCCCCCCCCCCCC(=O)NC(COC1OC(CO)C(OC2OC(CO)C(OC3OC(CO)C(O)C(O)C3O)C(O)C2O)C(O)C1O)C(O)/C=C/CCC. The molecule has 0 spiro atoms. The van der Waals surface area contributed by atoms with E-state index in [1.54, 1.807) is 12.2 Å². The zero-order chi connectivity index (χ0) is 60.5. The lowest BCUT2D eigenvalue weighted by molar-refractivity contribution is -0.379. The van der Waals surface area contributed by atoms with E-state index < -0.39 is 124 Å². The highest BCUT2D eigenvalue weighted by atomic mass is 16.8. The fourth-order valence-corrected chi connectivity index (χ4v) is 9.82. The minimum absolute atomic E-state index is 0.233. The molecule has 19 nitrogen and oxygen atoms in total. The van der Waals surface area contributed by atoms with E-state index in [2.05, 4.69) is 97.3 Å². The third-order valence-corrected chi connectivity index (χ3v) is 14.9. The lowest BCUT2D eigenvalue weighted by atomic mass is 9.96. The molecule has 476 valence electrons. The van der Waals surface area contributed by atoms with Crippen LogP contribution in [0.4, 0.5) is 0 Å². The summed E-state index contributed by atoms with van der Waals surface area (Å²) in [6.07, 6.45) is 32.6. The van der Waals surface area contributed by atoms with Crippen LogP contribution in [0.15, 0.2) is 97.2 Å². The molecule has 17 atom stereocenters. The highest BCUT2D eigenvalue weighted by Gasteiger charge is 2.53. The first-order chi connectivity index (χ1) is 40.3. The van der Waals surface area contributed by atoms with Crippen LogP contribution in [0.2, 0.25) is 0 Å². The van der Waals surface area contributed by atoms with Crippen LogP contribution in [0.25, 0.3) is 0 Å². The Labute approximate surface area is 494 Å². The molecule has 0 aromatic heterocycles. The van der Waals surface area contributed by atoms with Gasteiger partial charge in [-0.3, -0.25) is 4.79 Å². The fraction of sp³-hybridized carbons (Fsp3) is 0.734. The average molecular weight is 1180 g/mol. The summed E-state index contributed by atoms with van der Waals surface area (Å²) >= 11 is 0. The van der Waals surface area contributed by atoms with E-state index in [9.17, 15) is 61.0 Å². The Bertz CT molecular complexity index is 1890. The number of nitrogens with one attached hydrogen (secondary N) is 1. The molecule has 3 heterocycles. The van der Waals surface area contributed by atoms with E-state index in [1.807, 2.05) is 6.92 Å². The van der Waals surface area contributed by atoms with Gasteiger partial charge < -0.3 is 89.9 Å². The van der Waals surface area contributed by atoms with E-state index in [1.165, 1.54) is 51.4 Å². The van der Waals surface area contributed by atoms with Gasteiger partial charge in [-0.15, -0.1) is 0 Å². The van der Waals surface area contributed by atoms with Crippen LogP contribution in [-0.4, -0.2) is 193 Å². The lowest BCUT2D eigenvalue weighted by Crippen LogP contribution is -2.66. The summed E-state index contributed by atoms with van der Waals surface area (Å²) in [6.45, 7) is 1.34.